The molecule has 1 aromatic heterocycles. The highest BCUT2D eigenvalue weighted by atomic mass is 32.2. The summed E-state index contributed by atoms with van der Waals surface area (Å²) in [5, 5.41) is 6.87. The van der Waals surface area contributed by atoms with Crippen LogP contribution in [0.25, 0.3) is 0 Å². The molecule has 0 saturated carbocycles. The number of hydrogen-bond acceptors (Lipinski definition) is 7. The van der Waals surface area contributed by atoms with Crippen molar-refractivity contribution in [3.05, 3.63) is 41.7 Å². The number of aromatic nitrogens is 2. The van der Waals surface area contributed by atoms with E-state index in [0.29, 0.717) is 11.3 Å². The molecule has 4 rings (SSSR count). The van der Waals surface area contributed by atoms with Crippen LogP contribution < -0.4 is 15.5 Å². The third kappa shape index (κ3) is 4.38. The number of nitrogens with one attached hydrogen (secondary N) is 2. The number of piperazine rings is 1. The molecule has 0 spiro atoms. The van der Waals surface area contributed by atoms with Crippen molar-refractivity contribution in [1.29, 1.82) is 0 Å². The number of fused-ring (bicyclic) bond motifs is 1. The van der Waals surface area contributed by atoms with Crippen LogP contribution in [0, 0.1) is 5.92 Å². The Hall–Kier alpha value is -2.19. The molecule has 156 valence electrons. The molecular formula is C21H29N5O2S. The predicted molar refractivity (Wildman–Crippen MR) is 115 cm³/mol. The zero-order chi connectivity index (χ0) is 20.4. The monoisotopic (exact) mass is 415 g/mol. The minimum absolute atomic E-state index is 0.0387. The molecule has 0 aliphatic carbocycles. The van der Waals surface area contributed by atoms with Crippen molar-refractivity contribution in [2.75, 3.05) is 42.1 Å². The van der Waals surface area contributed by atoms with Crippen LogP contribution >= 0.6 is 0 Å². The highest BCUT2D eigenvalue weighted by molar-refractivity contribution is 7.91. The fourth-order valence-corrected chi connectivity index (χ4v) is 5.74. The number of aryl methyl sites for hydroxylation is 1. The summed E-state index contributed by atoms with van der Waals surface area (Å²) in [5.41, 5.74) is 1.91. The third-order valence-corrected chi connectivity index (χ3v) is 7.58. The van der Waals surface area contributed by atoms with Gasteiger partial charge in [-0.05, 0) is 36.0 Å². The molecule has 1 saturated heterocycles. The largest absolute Gasteiger partial charge is 0.363 e. The number of anilines is 2. The normalized spacial score (nSPS) is 19.6. The van der Waals surface area contributed by atoms with Crippen molar-refractivity contribution < 1.29 is 8.42 Å². The minimum atomic E-state index is -3.18. The highest BCUT2D eigenvalue weighted by Gasteiger charge is 2.26. The Labute approximate surface area is 172 Å². The van der Waals surface area contributed by atoms with Gasteiger partial charge in [0.15, 0.2) is 9.84 Å². The lowest BCUT2D eigenvalue weighted by atomic mass is 9.94. The number of nitrogens with zero attached hydrogens (tertiary/aromatic N) is 3. The first-order valence-electron chi connectivity index (χ1n) is 10.3. The van der Waals surface area contributed by atoms with Gasteiger partial charge in [-0.1, -0.05) is 26.0 Å². The van der Waals surface area contributed by atoms with Gasteiger partial charge in [0.25, 0.3) is 0 Å². The fraction of sp³-hybridized carbons (Fsp3) is 0.524. The summed E-state index contributed by atoms with van der Waals surface area (Å²) in [5.74, 6) is 2.17. The first kappa shape index (κ1) is 20.1. The van der Waals surface area contributed by atoms with E-state index >= 15 is 0 Å². The van der Waals surface area contributed by atoms with E-state index in [1.807, 2.05) is 18.2 Å². The van der Waals surface area contributed by atoms with E-state index in [0.717, 1.165) is 55.4 Å². The van der Waals surface area contributed by atoms with Gasteiger partial charge in [-0.15, -0.1) is 0 Å². The Morgan fingerprint density at radius 1 is 1.14 bits per heavy atom. The van der Waals surface area contributed by atoms with Crippen LogP contribution in [0.5, 0.6) is 0 Å². The average Bonchev–Trinajstić information content (AvgIpc) is 2.72. The van der Waals surface area contributed by atoms with Crippen LogP contribution in [0.1, 0.15) is 37.4 Å². The van der Waals surface area contributed by atoms with Crippen LogP contribution in [-0.4, -0.2) is 50.3 Å². The van der Waals surface area contributed by atoms with Gasteiger partial charge in [0.05, 0.1) is 16.7 Å². The summed E-state index contributed by atoms with van der Waals surface area (Å²) < 4.78 is 25.1. The van der Waals surface area contributed by atoms with Gasteiger partial charge in [0.2, 0.25) is 0 Å². The van der Waals surface area contributed by atoms with Crippen molar-refractivity contribution in [1.82, 2.24) is 15.3 Å². The molecule has 29 heavy (non-hydrogen) atoms. The Bertz CT molecular complexity index is 971. The van der Waals surface area contributed by atoms with E-state index < -0.39 is 9.84 Å². The lowest BCUT2D eigenvalue weighted by Crippen LogP contribution is -2.43. The lowest BCUT2D eigenvalue weighted by Gasteiger charge is -2.29. The molecule has 2 N–H and O–H groups in total. The van der Waals surface area contributed by atoms with E-state index in [-0.39, 0.29) is 17.7 Å². The number of rotatable bonds is 5. The van der Waals surface area contributed by atoms with Crippen molar-refractivity contribution >= 4 is 21.5 Å². The smallest absolute Gasteiger partial charge is 0.178 e. The van der Waals surface area contributed by atoms with Crippen LogP contribution in [0.3, 0.4) is 0 Å². The first-order valence-corrected chi connectivity index (χ1v) is 12.0. The van der Waals surface area contributed by atoms with Gasteiger partial charge in [-0.25, -0.2) is 18.4 Å². The lowest BCUT2D eigenvalue weighted by molar-refractivity contribution is 0.541. The van der Waals surface area contributed by atoms with Gasteiger partial charge in [-0.2, -0.15) is 0 Å². The number of hydrogen-bond donors (Lipinski definition) is 2. The first-order chi connectivity index (χ1) is 13.9. The molecule has 1 aromatic carbocycles. The zero-order valence-electron chi connectivity index (χ0n) is 17.1. The van der Waals surface area contributed by atoms with Crippen molar-refractivity contribution in [2.24, 2.45) is 5.92 Å². The van der Waals surface area contributed by atoms with Gasteiger partial charge in [0.1, 0.15) is 18.0 Å². The zero-order valence-corrected chi connectivity index (χ0v) is 17.9. The highest BCUT2D eigenvalue weighted by Crippen LogP contribution is 2.32. The molecule has 0 radical (unpaired) electrons. The van der Waals surface area contributed by atoms with Crippen LogP contribution in [0.2, 0.25) is 0 Å². The molecule has 0 bridgehead atoms. The Kier molecular flexibility index (Phi) is 5.74. The third-order valence-electron chi connectivity index (χ3n) is 5.71. The van der Waals surface area contributed by atoms with E-state index in [1.165, 1.54) is 0 Å². The number of benzene rings is 1. The Morgan fingerprint density at radius 3 is 2.69 bits per heavy atom. The minimum Gasteiger partial charge on any atom is -0.363 e. The number of sulfone groups is 1. The van der Waals surface area contributed by atoms with Crippen molar-refractivity contribution in [2.45, 2.75) is 37.6 Å². The van der Waals surface area contributed by atoms with Gasteiger partial charge in [0, 0.05) is 32.2 Å². The molecule has 2 aliphatic heterocycles. The van der Waals surface area contributed by atoms with Crippen LogP contribution in [0.15, 0.2) is 35.5 Å². The van der Waals surface area contributed by atoms with E-state index in [4.69, 9.17) is 0 Å². The van der Waals surface area contributed by atoms with Crippen LogP contribution in [-0.2, 0) is 16.3 Å². The van der Waals surface area contributed by atoms with E-state index in [1.54, 1.807) is 6.33 Å². The average molecular weight is 416 g/mol. The van der Waals surface area contributed by atoms with Gasteiger partial charge >= 0.3 is 0 Å². The summed E-state index contributed by atoms with van der Waals surface area (Å²) in [4.78, 5) is 11.6. The standard InChI is InChI=1S/C21H29N5O2S/c1-15(2)21(17-6-5-16-4-3-11-29(27,28)18(16)12-17)25-19-13-20(24-14-23-19)26-9-7-22-8-10-26/h5-6,12-15,21-22H,3-4,7-11H2,1-2H3,(H,23,24,25)/t21-/m1/s1. The maximum Gasteiger partial charge on any atom is 0.178 e. The maximum atomic E-state index is 12.5. The second-order valence-electron chi connectivity index (χ2n) is 8.15. The molecule has 1 atom stereocenters. The summed E-state index contributed by atoms with van der Waals surface area (Å²) in [7, 11) is -3.18. The molecule has 7 nitrogen and oxygen atoms in total. The van der Waals surface area contributed by atoms with Crippen LogP contribution in [0.4, 0.5) is 11.6 Å². The summed E-state index contributed by atoms with van der Waals surface area (Å²) in [6, 6.07) is 7.83. The van der Waals surface area contributed by atoms with Crippen molar-refractivity contribution in [3.8, 4) is 0 Å². The molecule has 2 aliphatic rings. The molecule has 0 unspecified atom stereocenters. The molecule has 3 heterocycles. The van der Waals surface area contributed by atoms with E-state index in [2.05, 4.69) is 45.4 Å². The summed E-state index contributed by atoms with van der Waals surface area (Å²) in [6.45, 7) is 8.00. The molecule has 0 amide bonds. The molecule has 1 fully saturated rings. The SMILES string of the molecule is CC(C)[C@@H](Nc1cc(N2CCNCC2)ncn1)c1ccc2c(c1)S(=O)(=O)CCC2. The summed E-state index contributed by atoms with van der Waals surface area (Å²) in [6.07, 6.45) is 3.12. The topological polar surface area (TPSA) is 87.2 Å². The maximum absolute atomic E-state index is 12.5. The Balaban J connectivity index is 1.61. The van der Waals surface area contributed by atoms with Gasteiger partial charge < -0.3 is 15.5 Å². The molecule has 8 heteroatoms. The quantitative estimate of drug-likeness (QED) is 0.775. The molecule has 2 aromatic rings. The molecular weight excluding hydrogens is 386 g/mol. The fourth-order valence-electron chi connectivity index (χ4n) is 4.11. The summed E-state index contributed by atoms with van der Waals surface area (Å²) >= 11 is 0. The Morgan fingerprint density at radius 2 is 1.93 bits per heavy atom. The predicted octanol–water partition coefficient (Wildman–Crippen LogP) is 2.42. The second kappa shape index (κ2) is 8.28. The van der Waals surface area contributed by atoms with Gasteiger partial charge in [-0.3, -0.25) is 0 Å². The van der Waals surface area contributed by atoms with E-state index in [9.17, 15) is 8.42 Å². The second-order valence-corrected chi connectivity index (χ2v) is 10.2. The van der Waals surface area contributed by atoms with Crippen molar-refractivity contribution in [3.63, 3.8) is 0 Å².